The molecule has 0 saturated carbocycles. The Bertz CT molecular complexity index is 414. The van der Waals surface area contributed by atoms with Crippen molar-refractivity contribution >= 4 is 45.4 Å². The summed E-state index contributed by atoms with van der Waals surface area (Å²) in [6, 6.07) is 0. The van der Waals surface area contributed by atoms with E-state index in [-0.39, 0.29) is 0 Å². The number of hydrogen-bond donors (Lipinski definition) is 0. The van der Waals surface area contributed by atoms with Gasteiger partial charge in [0.15, 0.2) is 0 Å². The summed E-state index contributed by atoms with van der Waals surface area (Å²) in [5, 5.41) is 0. The van der Waals surface area contributed by atoms with Gasteiger partial charge < -0.3 is 0 Å². The van der Waals surface area contributed by atoms with Crippen molar-refractivity contribution in [3.63, 3.8) is 0 Å². The van der Waals surface area contributed by atoms with Crippen LogP contribution in [0.4, 0.5) is 26.3 Å². The molecule has 0 unspecified atom stereocenters. The van der Waals surface area contributed by atoms with Crippen LogP contribution in [0.5, 0.6) is 0 Å². The van der Waals surface area contributed by atoms with Gasteiger partial charge in [-0.25, -0.2) is 0 Å². The van der Waals surface area contributed by atoms with Crippen molar-refractivity contribution in [2.75, 3.05) is 0 Å². The molecule has 0 aromatic carbocycles. The van der Waals surface area contributed by atoms with Crippen LogP contribution in [0.2, 0.25) is 0 Å². The van der Waals surface area contributed by atoms with E-state index in [9.17, 15) is 43.2 Å². The number of hydrogen-bond acceptors (Lipinski definition) is 6. The SMILES string of the molecule is O=S(=O)([O][Tl][O]S(=O)(=O)C(F)(F)F)C(F)(F)F. The zero-order chi connectivity index (χ0) is 14.1. The zero-order valence-electron chi connectivity index (χ0n) is 7.11. The van der Waals surface area contributed by atoms with Gasteiger partial charge in [-0.05, 0) is 0 Å². The van der Waals surface area contributed by atoms with Gasteiger partial charge in [0.1, 0.15) is 0 Å². The molecule has 0 fully saturated rings. The van der Waals surface area contributed by atoms with E-state index in [2.05, 4.69) is 4.27 Å². The molecule has 0 saturated heterocycles. The molecule has 0 spiro atoms. The van der Waals surface area contributed by atoms with Crippen molar-refractivity contribution in [1.82, 2.24) is 0 Å². The van der Waals surface area contributed by atoms with Gasteiger partial charge in [0.2, 0.25) is 0 Å². The summed E-state index contributed by atoms with van der Waals surface area (Å²) < 4.78 is 116. The summed E-state index contributed by atoms with van der Waals surface area (Å²) in [7, 11) is -12.3. The summed E-state index contributed by atoms with van der Waals surface area (Å²) in [6.45, 7) is 0. The Hall–Kier alpha value is 0.322. The van der Waals surface area contributed by atoms with Crippen molar-refractivity contribution in [1.29, 1.82) is 0 Å². The Labute approximate surface area is 104 Å². The predicted octanol–water partition coefficient (Wildman–Crippen LogP) is 0.253. The fourth-order valence-electron chi connectivity index (χ4n) is 0.229. The summed E-state index contributed by atoms with van der Waals surface area (Å²) in [5.74, 6) is 0. The molecule has 0 amide bonds. The molecule has 0 rings (SSSR count). The molecular formula is C2F6O6S2Tl. The second-order valence-electron chi connectivity index (χ2n) is 2.09. The van der Waals surface area contributed by atoms with Crippen LogP contribution in [0, 0.1) is 0 Å². The Morgan fingerprint density at radius 1 is 0.706 bits per heavy atom. The van der Waals surface area contributed by atoms with Crippen molar-refractivity contribution in [2.24, 2.45) is 0 Å². The third kappa shape index (κ3) is 4.83. The summed E-state index contributed by atoms with van der Waals surface area (Å²) >= 11 is -4.22. The minimum absolute atomic E-state index is 3.08. The van der Waals surface area contributed by atoms with Gasteiger partial charge in [0.05, 0.1) is 0 Å². The van der Waals surface area contributed by atoms with Crippen LogP contribution in [-0.2, 0) is 24.5 Å². The van der Waals surface area contributed by atoms with Crippen molar-refractivity contribution in [2.45, 2.75) is 11.0 Å². The van der Waals surface area contributed by atoms with Gasteiger partial charge in [-0.1, -0.05) is 0 Å². The Kier molecular flexibility index (Phi) is 5.23. The standard InChI is InChI=1S/2CHF3O3S.Tl/c2*2-1(3,4)8(5,6)7;/h2*(H,5,6,7);/q;;+2/p-2. The van der Waals surface area contributed by atoms with Crippen LogP contribution >= 0.6 is 0 Å². The Morgan fingerprint density at radius 2 is 0.941 bits per heavy atom. The van der Waals surface area contributed by atoms with Gasteiger partial charge in [-0.3, -0.25) is 0 Å². The number of rotatable bonds is 4. The van der Waals surface area contributed by atoms with Crippen LogP contribution in [0.25, 0.3) is 0 Å². The summed E-state index contributed by atoms with van der Waals surface area (Å²) in [6.07, 6.45) is 0. The quantitative estimate of drug-likeness (QED) is 0.311. The first-order chi connectivity index (χ1) is 7.21. The third-order valence-corrected chi connectivity index (χ3v) is 10.4. The number of halogens is 6. The Morgan fingerprint density at radius 3 is 1.12 bits per heavy atom. The molecular weight excluding hydrogens is 503 g/mol. The van der Waals surface area contributed by atoms with E-state index in [0.717, 1.165) is 0 Å². The van der Waals surface area contributed by atoms with Crippen LogP contribution in [-0.4, -0.2) is 53.0 Å². The van der Waals surface area contributed by atoms with Crippen LogP contribution < -0.4 is 0 Å². The summed E-state index contributed by atoms with van der Waals surface area (Å²) in [4.78, 5) is 0. The van der Waals surface area contributed by atoms with E-state index in [1.54, 1.807) is 0 Å². The molecule has 15 heteroatoms. The van der Waals surface area contributed by atoms with Gasteiger partial charge in [-0.15, -0.1) is 0 Å². The first-order valence-electron chi connectivity index (χ1n) is 3.01. The fourth-order valence-corrected chi connectivity index (χ4v) is 6.86. The molecule has 0 aromatic heterocycles. The van der Waals surface area contributed by atoms with Gasteiger partial charge in [-0.2, -0.15) is 0 Å². The predicted molar refractivity (Wildman–Crippen MR) is 37.9 cm³/mol. The van der Waals surface area contributed by atoms with Crippen molar-refractivity contribution < 1.29 is 47.4 Å². The normalized spacial score (nSPS) is 14.5. The molecule has 0 N–H and O–H groups in total. The first kappa shape index (κ1) is 17.3. The van der Waals surface area contributed by atoms with Gasteiger partial charge in [0, 0.05) is 0 Å². The Balaban J connectivity index is 4.58. The third-order valence-electron chi connectivity index (χ3n) is 0.899. The average molecular weight is 503 g/mol. The molecule has 0 bridgehead atoms. The van der Waals surface area contributed by atoms with Crippen LogP contribution in [0.15, 0.2) is 0 Å². The molecule has 0 radical (unpaired) electrons. The molecule has 0 atom stereocenters. The van der Waals surface area contributed by atoms with E-state index in [1.807, 2.05) is 0 Å². The van der Waals surface area contributed by atoms with E-state index >= 15 is 0 Å². The number of alkyl halides is 6. The molecule has 101 valence electrons. The van der Waals surface area contributed by atoms with E-state index in [0.29, 0.717) is 0 Å². The molecule has 0 aliphatic carbocycles. The minimum atomic E-state index is -6.13. The zero-order valence-corrected chi connectivity index (χ0v) is 13.2. The average Bonchev–Trinajstić information content (AvgIpc) is 1.98. The molecule has 0 heterocycles. The van der Waals surface area contributed by atoms with Gasteiger partial charge in [0.25, 0.3) is 0 Å². The van der Waals surface area contributed by atoms with Crippen molar-refractivity contribution in [3.05, 3.63) is 0 Å². The molecule has 0 aliphatic heterocycles. The topological polar surface area (TPSA) is 86.7 Å². The second kappa shape index (κ2) is 5.13. The van der Waals surface area contributed by atoms with Crippen LogP contribution in [0.3, 0.4) is 0 Å². The van der Waals surface area contributed by atoms with Crippen LogP contribution in [0.1, 0.15) is 0 Å². The summed E-state index contributed by atoms with van der Waals surface area (Å²) in [5.41, 5.74) is -11.7. The fraction of sp³-hybridized carbons (Fsp3) is 1.00. The second-order valence-corrected chi connectivity index (χ2v) is 10.5. The molecule has 6 nitrogen and oxygen atoms in total. The van der Waals surface area contributed by atoms with E-state index in [4.69, 9.17) is 0 Å². The van der Waals surface area contributed by atoms with E-state index in [1.165, 1.54) is 0 Å². The molecule has 0 aliphatic rings. The van der Waals surface area contributed by atoms with E-state index < -0.39 is 56.4 Å². The monoisotopic (exact) mass is 503 g/mol. The molecule has 0 aromatic rings. The maximum absolute atomic E-state index is 11.6. The molecule has 17 heavy (non-hydrogen) atoms. The first-order valence-corrected chi connectivity index (χ1v) is 9.50. The maximum atomic E-state index is 11.6. The van der Waals surface area contributed by atoms with Gasteiger partial charge >= 0.3 is 104 Å². The van der Waals surface area contributed by atoms with Crippen molar-refractivity contribution in [3.8, 4) is 0 Å².